The van der Waals surface area contributed by atoms with Crippen LogP contribution in [0.5, 0.6) is 0 Å². The van der Waals surface area contributed by atoms with Crippen LogP contribution in [0, 0.1) is 6.92 Å². The van der Waals surface area contributed by atoms with E-state index in [4.69, 9.17) is 0 Å². The molecule has 0 spiro atoms. The lowest BCUT2D eigenvalue weighted by atomic mass is 9.98. The van der Waals surface area contributed by atoms with E-state index in [2.05, 4.69) is 36.2 Å². The summed E-state index contributed by atoms with van der Waals surface area (Å²) in [6.07, 6.45) is 3.72. The molecule has 68 valence electrons. The summed E-state index contributed by atoms with van der Waals surface area (Å²) in [7, 11) is 0. The number of aryl methyl sites for hydroxylation is 1. The molecule has 0 radical (unpaired) electrons. The summed E-state index contributed by atoms with van der Waals surface area (Å²) in [6, 6.07) is 8.52. The molecule has 0 fully saturated rings. The molecule has 0 unspecified atom stereocenters. The molecule has 13 heavy (non-hydrogen) atoms. The molecular formula is C12H15N. The summed E-state index contributed by atoms with van der Waals surface area (Å²) in [6.45, 7) is 3.18. The lowest BCUT2D eigenvalue weighted by Gasteiger charge is -2.13. The molecular weight excluding hydrogens is 158 g/mol. The van der Waals surface area contributed by atoms with Crippen molar-refractivity contribution in [3.8, 4) is 0 Å². The Morgan fingerprint density at radius 1 is 1.15 bits per heavy atom. The second-order valence-electron chi connectivity index (χ2n) is 3.60. The third kappa shape index (κ3) is 1.80. The summed E-state index contributed by atoms with van der Waals surface area (Å²) >= 11 is 0. The summed E-state index contributed by atoms with van der Waals surface area (Å²) in [5, 5.41) is 0. The zero-order valence-electron chi connectivity index (χ0n) is 8.09. The Kier molecular flexibility index (Phi) is 2.44. The van der Waals surface area contributed by atoms with Crippen molar-refractivity contribution in [2.24, 2.45) is 4.99 Å². The Labute approximate surface area is 79.5 Å². The van der Waals surface area contributed by atoms with E-state index in [0.29, 0.717) is 0 Å². The van der Waals surface area contributed by atoms with Gasteiger partial charge in [0, 0.05) is 12.3 Å². The van der Waals surface area contributed by atoms with Crippen molar-refractivity contribution in [3.63, 3.8) is 0 Å². The molecule has 1 aromatic rings. The van der Waals surface area contributed by atoms with Gasteiger partial charge in [-0.25, -0.2) is 0 Å². The average molecular weight is 173 g/mol. The molecule has 1 aromatic carbocycles. The van der Waals surface area contributed by atoms with Gasteiger partial charge in [0.2, 0.25) is 0 Å². The molecule has 1 aliphatic heterocycles. The van der Waals surface area contributed by atoms with Gasteiger partial charge in [-0.3, -0.25) is 4.99 Å². The zero-order valence-corrected chi connectivity index (χ0v) is 8.09. The first-order valence-corrected chi connectivity index (χ1v) is 4.97. The molecule has 0 saturated carbocycles. The van der Waals surface area contributed by atoms with Crippen LogP contribution in [0.3, 0.4) is 0 Å². The summed E-state index contributed by atoms with van der Waals surface area (Å²) in [4.78, 5) is 4.58. The van der Waals surface area contributed by atoms with E-state index >= 15 is 0 Å². The third-order valence-electron chi connectivity index (χ3n) is 2.58. The highest BCUT2D eigenvalue weighted by Gasteiger charge is 2.08. The van der Waals surface area contributed by atoms with Crippen molar-refractivity contribution >= 4 is 5.71 Å². The maximum Gasteiger partial charge on any atom is 0.0423 e. The maximum absolute atomic E-state index is 4.58. The quantitative estimate of drug-likeness (QED) is 0.619. The minimum Gasteiger partial charge on any atom is -0.289 e. The summed E-state index contributed by atoms with van der Waals surface area (Å²) in [5.41, 5.74) is 4.01. The number of aliphatic imine (C=N–C) groups is 1. The molecule has 1 aliphatic rings. The SMILES string of the molecule is Cc1ccccc1C1=NCCCC1. The lowest BCUT2D eigenvalue weighted by Crippen LogP contribution is -2.08. The maximum atomic E-state index is 4.58. The Hall–Kier alpha value is -1.11. The van der Waals surface area contributed by atoms with Crippen molar-refractivity contribution in [2.45, 2.75) is 26.2 Å². The molecule has 0 aliphatic carbocycles. The molecule has 0 N–H and O–H groups in total. The van der Waals surface area contributed by atoms with Gasteiger partial charge in [0.25, 0.3) is 0 Å². The Bertz CT molecular complexity index is 326. The predicted octanol–water partition coefficient (Wildman–Crippen LogP) is 2.97. The molecule has 0 saturated heterocycles. The number of hydrogen-bond donors (Lipinski definition) is 0. The van der Waals surface area contributed by atoms with Crippen LogP contribution in [-0.4, -0.2) is 12.3 Å². The first-order valence-electron chi connectivity index (χ1n) is 4.97. The van der Waals surface area contributed by atoms with Gasteiger partial charge in [-0.1, -0.05) is 24.3 Å². The third-order valence-corrected chi connectivity index (χ3v) is 2.58. The van der Waals surface area contributed by atoms with Crippen molar-refractivity contribution in [2.75, 3.05) is 6.54 Å². The van der Waals surface area contributed by atoms with Crippen LogP contribution in [-0.2, 0) is 0 Å². The molecule has 1 nitrogen and oxygen atoms in total. The van der Waals surface area contributed by atoms with Crippen molar-refractivity contribution < 1.29 is 0 Å². The standard InChI is InChI=1S/C12H15N/c1-10-6-2-3-7-11(10)12-8-4-5-9-13-12/h2-3,6-7H,4-5,8-9H2,1H3. The minimum absolute atomic E-state index is 1.02. The predicted molar refractivity (Wildman–Crippen MR) is 56.4 cm³/mol. The van der Waals surface area contributed by atoms with E-state index in [1.807, 2.05) is 0 Å². The molecule has 0 atom stereocenters. The second kappa shape index (κ2) is 3.73. The Morgan fingerprint density at radius 3 is 2.69 bits per heavy atom. The lowest BCUT2D eigenvalue weighted by molar-refractivity contribution is 0.738. The number of nitrogens with zero attached hydrogens (tertiary/aromatic N) is 1. The van der Waals surface area contributed by atoms with Gasteiger partial charge in [0.1, 0.15) is 0 Å². The van der Waals surface area contributed by atoms with Gasteiger partial charge < -0.3 is 0 Å². The number of hydrogen-bond acceptors (Lipinski definition) is 1. The van der Waals surface area contributed by atoms with E-state index in [1.165, 1.54) is 29.7 Å². The van der Waals surface area contributed by atoms with E-state index in [-0.39, 0.29) is 0 Å². The zero-order chi connectivity index (χ0) is 9.10. The van der Waals surface area contributed by atoms with E-state index < -0.39 is 0 Å². The van der Waals surface area contributed by atoms with Crippen LogP contribution in [0.2, 0.25) is 0 Å². The highest BCUT2D eigenvalue weighted by molar-refractivity contribution is 6.02. The topological polar surface area (TPSA) is 12.4 Å². The first kappa shape index (κ1) is 8.49. The van der Waals surface area contributed by atoms with Crippen LogP contribution >= 0.6 is 0 Å². The highest BCUT2D eigenvalue weighted by atomic mass is 14.7. The van der Waals surface area contributed by atoms with Gasteiger partial charge in [-0.15, -0.1) is 0 Å². The first-order chi connectivity index (χ1) is 6.38. The molecule has 0 aromatic heterocycles. The monoisotopic (exact) mass is 173 g/mol. The minimum atomic E-state index is 1.02. The van der Waals surface area contributed by atoms with Crippen LogP contribution in [0.25, 0.3) is 0 Å². The molecule has 1 heteroatoms. The largest absolute Gasteiger partial charge is 0.289 e. The normalized spacial score (nSPS) is 16.8. The fraction of sp³-hybridized carbons (Fsp3) is 0.417. The second-order valence-corrected chi connectivity index (χ2v) is 3.60. The summed E-state index contributed by atoms with van der Waals surface area (Å²) in [5.74, 6) is 0. The van der Waals surface area contributed by atoms with Crippen molar-refractivity contribution in [1.82, 2.24) is 0 Å². The van der Waals surface area contributed by atoms with Crippen molar-refractivity contribution in [1.29, 1.82) is 0 Å². The molecule has 0 bridgehead atoms. The smallest absolute Gasteiger partial charge is 0.0423 e. The fourth-order valence-electron chi connectivity index (χ4n) is 1.81. The van der Waals surface area contributed by atoms with Crippen LogP contribution in [0.15, 0.2) is 29.3 Å². The van der Waals surface area contributed by atoms with E-state index in [0.717, 1.165) is 13.0 Å². The van der Waals surface area contributed by atoms with Gasteiger partial charge in [0.15, 0.2) is 0 Å². The molecule has 2 rings (SSSR count). The van der Waals surface area contributed by atoms with Crippen LogP contribution in [0.1, 0.15) is 30.4 Å². The van der Waals surface area contributed by atoms with Crippen LogP contribution in [0.4, 0.5) is 0 Å². The van der Waals surface area contributed by atoms with Gasteiger partial charge in [-0.2, -0.15) is 0 Å². The van der Waals surface area contributed by atoms with Crippen molar-refractivity contribution in [3.05, 3.63) is 35.4 Å². The van der Waals surface area contributed by atoms with E-state index in [1.54, 1.807) is 0 Å². The number of benzene rings is 1. The Balaban J connectivity index is 2.34. The molecule has 0 amide bonds. The average Bonchev–Trinajstić information content (AvgIpc) is 2.20. The Morgan fingerprint density at radius 2 is 2.00 bits per heavy atom. The van der Waals surface area contributed by atoms with Crippen LogP contribution < -0.4 is 0 Å². The van der Waals surface area contributed by atoms with E-state index in [9.17, 15) is 0 Å². The number of rotatable bonds is 1. The van der Waals surface area contributed by atoms with Gasteiger partial charge in [0.05, 0.1) is 0 Å². The summed E-state index contributed by atoms with van der Waals surface area (Å²) < 4.78 is 0. The fourth-order valence-corrected chi connectivity index (χ4v) is 1.81. The van der Waals surface area contributed by atoms with Gasteiger partial charge >= 0.3 is 0 Å². The van der Waals surface area contributed by atoms with Gasteiger partial charge in [-0.05, 0) is 37.3 Å². The highest BCUT2D eigenvalue weighted by Crippen LogP contribution is 2.16. The molecule has 1 heterocycles.